The van der Waals surface area contributed by atoms with Crippen LogP contribution < -0.4 is 0 Å². The topological polar surface area (TPSA) is 49.3 Å². The number of hydrogen-bond acceptors (Lipinski definition) is 5. The van der Waals surface area contributed by atoms with Gasteiger partial charge in [-0.25, -0.2) is 0 Å². The summed E-state index contributed by atoms with van der Waals surface area (Å²) in [5.74, 6) is 0.678. The molecule has 1 aromatic heterocycles. The molecule has 0 radical (unpaired) electrons. The largest absolute Gasteiger partial charge is 0.337 e. The van der Waals surface area contributed by atoms with E-state index in [0.717, 1.165) is 37.8 Å². The van der Waals surface area contributed by atoms with Crippen LogP contribution in [0.4, 0.5) is 0 Å². The fraction of sp³-hybridized carbons (Fsp3) is 0.800. The van der Waals surface area contributed by atoms with Crippen LogP contribution in [0.2, 0.25) is 0 Å². The summed E-state index contributed by atoms with van der Waals surface area (Å²) < 4.78 is 8.01. The quantitative estimate of drug-likeness (QED) is 0.859. The Bertz CT molecular complexity index is 443. The molecule has 0 bridgehead atoms. The van der Waals surface area contributed by atoms with Crippen LogP contribution in [0.5, 0.6) is 0 Å². The fourth-order valence-corrected chi connectivity index (χ4v) is 3.91. The highest BCUT2D eigenvalue weighted by Crippen LogP contribution is 2.21. The van der Waals surface area contributed by atoms with Crippen molar-refractivity contribution < 1.29 is 4.79 Å². The van der Waals surface area contributed by atoms with Crippen molar-refractivity contribution in [1.82, 2.24) is 18.5 Å². The van der Waals surface area contributed by atoms with Crippen molar-refractivity contribution in [3.63, 3.8) is 0 Å². The molecule has 0 aromatic carbocycles. The number of rotatable bonds is 3. The SMILES string of the molecule is O=C(c1cnsn1)N1CCC[C@@H](CN2CCCCCC2)C1. The predicted octanol–water partition coefficient (Wildman–Crippen LogP) is 2.27. The molecule has 0 unspecified atom stereocenters. The standard InChI is InChI=1S/C15H24N4OS/c20-15(14-10-16-21-17-14)19-9-5-6-13(12-19)11-18-7-3-1-2-4-8-18/h10,13H,1-9,11-12H2/t13-/m0/s1. The normalized spacial score (nSPS) is 24.8. The Labute approximate surface area is 130 Å². The van der Waals surface area contributed by atoms with E-state index in [9.17, 15) is 4.79 Å². The van der Waals surface area contributed by atoms with Gasteiger partial charge in [-0.15, -0.1) is 0 Å². The summed E-state index contributed by atoms with van der Waals surface area (Å²) in [6.45, 7) is 5.37. The number of carbonyl (C=O) groups excluding carboxylic acids is 1. The fourth-order valence-electron chi connectivity index (χ4n) is 3.50. The van der Waals surface area contributed by atoms with Crippen LogP contribution in [0.3, 0.4) is 0 Å². The molecule has 3 rings (SSSR count). The predicted molar refractivity (Wildman–Crippen MR) is 83.4 cm³/mol. The second-order valence-electron chi connectivity index (χ2n) is 6.27. The lowest BCUT2D eigenvalue weighted by molar-refractivity contribution is 0.0636. The number of carbonyl (C=O) groups is 1. The monoisotopic (exact) mass is 308 g/mol. The lowest BCUT2D eigenvalue weighted by atomic mass is 9.97. The van der Waals surface area contributed by atoms with Crippen molar-refractivity contribution in [2.75, 3.05) is 32.7 Å². The molecule has 0 saturated carbocycles. The minimum absolute atomic E-state index is 0.0596. The van der Waals surface area contributed by atoms with E-state index >= 15 is 0 Å². The third-order valence-corrected chi connectivity index (χ3v) is 5.08. The van der Waals surface area contributed by atoms with Crippen LogP contribution in [0, 0.1) is 5.92 Å². The zero-order chi connectivity index (χ0) is 14.5. The number of piperidine rings is 1. The molecule has 2 fully saturated rings. The van der Waals surface area contributed by atoms with Gasteiger partial charge in [-0.1, -0.05) is 12.8 Å². The Morgan fingerprint density at radius 1 is 1.19 bits per heavy atom. The van der Waals surface area contributed by atoms with Crippen LogP contribution >= 0.6 is 11.7 Å². The average Bonchev–Trinajstić information content (AvgIpc) is 2.93. The van der Waals surface area contributed by atoms with E-state index in [1.807, 2.05) is 4.90 Å². The van der Waals surface area contributed by atoms with Gasteiger partial charge in [0, 0.05) is 19.6 Å². The van der Waals surface area contributed by atoms with Crippen molar-refractivity contribution >= 4 is 17.6 Å². The van der Waals surface area contributed by atoms with Gasteiger partial charge in [0.25, 0.3) is 5.91 Å². The first-order chi connectivity index (χ1) is 10.3. The van der Waals surface area contributed by atoms with Gasteiger partial charge in [0.1, 0.15) is 0 Å². The van der Waals surface area contributed by atoms with Crippen LogP contribution in [0.25, 0.3) is 0 Å². The van der Waals surface area contributed by atoms with Crippen LogP contribution in [-0.2, 0) is 0 Å². The van der Waals surface area contributed by atoms with Crippen LogP contribution in [0.15, 0.2) is 6.20 Å². The highest BCUT2D eigenvalue weighted by molar-refractivity contribution is 6.99. The molecule has 0 aliphatic carbocycles. The third-order valence-electron chi connectivity index (χ3n) is 4.60. The second-order valence-corrected chi connectivity index (χ2v) is 6.82. The highest BCUT2D eigenvalue weighted by Gasteiger charge is 2.27. The molecule has 2 saturated heterocycles. The Kier molecular flexibility index (Phi) is 5.19. The van der Waals surface area contributed by atoms with Gasteiger partial charge in [-0.3, -0.25) is 4.79 Å². The van der Waals surface area contributed by atoms with Crippen molar-refractivity contribution in [2.24, 2.45) is 5.92 Å². The Morgan fingerprint density at radius 3 is 2.71 bits per heavy atom. The summed E-state index contributed by atoms with van der Waals surface area (Å²) in [5, 5.41) is 0. The maximum Gasteiger partial charge on any atom is 0.275 e. The average molecular weight is 308 g/mol. The van der Waals surface area contributed by atoms with E-state index in [2.05, 4.69) is 13.6 Å². The molecule has 5 nitrogen and oxygen atoms in total. The molecule has 0 N–H and O–H groups in total. The zero-order valence-electron chi connectivity index (χ0n) is 12.5. The van der Waals surface area contributed by atoms with E-state index in [1.54, 1.807) is 6.20 Å². The van der Waals surface area contributed by atoms with E-state index < -0.39 is 0 Å². The lowest BCUT2D eigenvalue weighted by Gasteiger charge is -2.35. The van der Waals surface area contributed by atoms with Crippen molar-refractivity contribution in [1.29, 1.82) is 0 Å². The molecule has 6 heteroatoms. The molecule has 1 amide bonds. The minimum atomic E-state index is 0.0596. The number of nitrogens with zero attached hydrogens (tertiary/aromatic N) is 4. The van der Waals surface area contributed by atoms with Gasteiger partial charge in [0.05, 0.1) is 17.9 Å². The highest BCUT2D eigenvalue weighted by atomic mass is 32.1. The first-order valence-electron chi connectivity index (χ1n) is 8.12. The number of aromatic nitrogens is 2. The van der Waals surface area contributed by atoms with E-state index in [1.165, 1.54) is 45.2 Å². The van der Waals surface area contributed by atoms with Gasteiger partial charge in [-0.05, 0) is 44.7 Å². The first kappa shape index (κ1) is 14.9. The maximum absolute atomic E-state index is 12.4. The van der Waals surface area contributed by atoms with Gasteiger partial charge < -0.3 is 9.80 Å². The van der Waals surface area contributed by atoms with Crippen molar-refractivity contribution in [2.45, 2.75) is 38.5 Å². The molecule has 1 atom stereocenters. The summed E-state index contributed by atoms with van der Waals surface area (Å²) >= 11 is 1.11. The molecule has 0 spiro atoms. The zero-order valence-corrected chi connectivity index (χ0v) is 13.4. The Hall–Kier alpha value is -1.01. The van der Waals surface area contributed by atoms with Crippen molar-refractivity contribution in [3.8, 4) is 0 Å². The number of hydrogen-bond donors (Lipinski definition) is 0. The maximum atomic E-state index is 12.4. The van der Waals surface area contributed by atoms with Gasteiger partial charge in [0.15, 0.2) is 5.69 Å². The number of amides is 1. The molecular weight excluding hydrogens is 284 g/mol. The lowest BCUT2D eigenvalue weighted by Crippen LogP contribution is -2.44. The molecule has 21 heavy (non-hydrogen) atoms. The second kappa shape index (κ2) is 7.31. The van der Waals surface area contributed by atoms with Gasteiger partial charge >= 0.3 is 0 Å². The van der Waals surface area contributed by atoms with E-state index in [0.29, 0.717) is 11.6 Å². The third kappa shape index (κ3) is 4.01. The molecular formula is C15H24N4OS. The molecule has 2 aliphatic heterocycles. The molecule has 2 aliphatic rings. The summed E-state index contributed by atoms with van der Waals surface area (Å²) in [4.78, 5) is 17.0. The summed E-state index contributed by atoms with van der Waals surface area (Å²) in [5.41, 5.74) is 0.510. The van der Waals surface area contributed by atoms with Gasteiger partial charge in [0.2, 0.25) is 0 Å². The Morgan fingerprint density at radius 2 is 2.00 bits per heavy atom. The van der Waals surface area contributed by atoms with Crippen LogP contribution in [0.1, 0.15) is 49.0 Å². The van der Waals surface area contributed by atoms with Crippen molar-refractivity contribution in [3.05, 3.63) is 11.9 Å². The van der Waals surface area contributed by atoms with E-state index in [4.69, 9.17) is 0 Å². The summed E-state index contributed by atoms with van der Waals surface area (Å²) in [7, 11) is 0. The smallest absolute Gasteiger partial charge is 0.275 e. The molecule has 1 aromatic rings. The van der Waals surface area contributed by atoms with Gasteiger partial charge in [-0.2, -0.15) is 8.75 Å². The van der Waals surface area contributed by atoms with Crippen LogP contribution in [-0.4, -0.2) is 57.2 Å². The molecule has 116 valence electrons. The van der Waals surface area contributed by atoms with E-state index in [-0.39, 0.29) is 5.91 Å². The summed E-state index contributed by atoms with van der Waals surface area (Å²) in [6.07, 6.45) is 9.37. The Balaban J connectivity index is 1.54. The summed E-state index contributed by atoms with van der Waals surface area (Å²) in [6, 6.07) is 0. The minimum Gasteiger partial charge on any atom is -0.337 e. The number of likely N-dealkylation sites (tertiary alicyclic amines) is 2. The molecule has 3 heterocycles. The first-order valence-corrected chi connectivity index (χ1v) is 8.85.